The Morgan fingerprint density at radius 2 is 1.90 bits per heavy atom. The van der Waals surface area contributed by atoms with Gasteiger partial charge in [0, 0.05) is 44.7 Å². The minimum absolute atomic E-state index is 0.157. The van der Waals surface area contributed by atoms with Crippen LogP contribution in [0.25, 0.3) is 0 Å². The zero-order chi connectivity index (χ0) is 22.5. The first-order valence-electron chi connectivity index (χ1n) is 9.68. The van der Waals surface area contributed by atoms with Gasteiger partial charge in [-0.15, -0.1) is 0 Å². The number of allylic oxidation sites excluding steroid dienone is 1. The number of likely N-dealkylation sites (N-methyl/N-ethyl adjacent to an activating group) is 1. The topological polar surface area (TPSA) is 114 Å². The fourth-order valence-electron chi connectivity index (χ4n) is 3.32. The molecule has 0 bridgehead atoms. The fourth-order valence-corrected chi connectivity index (χ4v) is 3.98. The van der Waals surface area contributed by atoms with Crippen molar-refractivity contribution >= 4 is 35.0 Å². The molecule has 168 valence electrons. The third-order valence-electron chi connectivity index (χ3n) is 5.09. The Bertz CT molecular complexity index is 913. The second-order valence-electron chi connectivity index (χ2n) is 7.45. The van der Waals surface area contributed by atoms with Crippen LogP contribution < -0.4 is 15.5 Å². The number of phenols is 1. The molecule has 2 amide bonds. The SMILES string of the molecule is CN1CCN(Cc2cc(OC3=C(Cl)CC(NC(=O)C(=O)NO)C=C3Cl)ccc2O)CC1. The maximum Gasteiger partial charge on any atom is 0.332 e. The van der Waals surface area contributed by atoms with Gasteiger partial charge in [-0.05, 0) is 31.3 Å². The van der Waals surface area contributed by atoms with Crippen LogP contribution in [0.15, 0.2) is 40.1 Å². The summed E-state index contributed by atoms with van der Waals surface area (Å²) in [6, 6.07) is 4.29. The highest BCUT2D eigenvalue weighted by molar-refractivity contribution is 6.36. The maximum absolute atomic E-state index is 11.6. The van der Waals surface area contributed by atoms with Crippen LogP contribution in [-0.4, -0.2) is 71.2 Å². The van der Waals surface area contributed by atoms with Crippen LogP contribution in [0.2, 0.25) is 0 Å². The predicted molar refractivity (Wildman–Crippen MR) is 115 cm³/mol. The molecule has 0 spiro atoms. The summed E-state index contributed by atoms with van der Waals surface area (Å²) in [6.45, 7) is 4.35. The van der Waals surface area contributed by atoms with Crippen LogP contribution >= 0.6 is 23.2 Å². The Kier molecular flexibility index (Phi) is 7.79. The quantitative estimate of drug-likeness (QED) is 0.292. The minimum atomic E-state index is -1.19. The molecule has 3 rings (SSSR count). The average Bonchev–Trinajstić information content (AvgIpc) is 2.74. The Morgan fingerprint density at radius 3 is 2.55 bits per heavy atom. The number of ether oxygens (including phenoxy) is 1. The molecule has 9 nitrogen and oxygen atoms in total. The Hall–Kier alpha value is -2.30. The van der Waals surface area contributed by atoms with E-state index in [1.165, 1.54) is 11.6 Å². The molecule has 1 aromatic carbocycles. The molecular formula is C20H24Cl2N4O5. The molecule has 1 unspecified atom stereocenters. The van der Waals surface area contributed by atoms with Gasteiger partial charge in [0.1, 0.15) is 11.5 Å². The van der Waals surface area contributed by atoms with Gasteiger partial charge in [-0.2, -0.15) is 0 Å². The van der Waals surface area contributed by atoms with E-state index in [9.17, 15) is 14.7 Å². The van der Waals surface area contributed by atoms with E-state index in [-0.39, 0.29) is 28.0 Å². The molecule has 1 aliphatic heterocycles. The maximum atomic E-state index is 11.6. The van der Waals surface area contributed by atoms with Crippen molar-refractivity contribution in [2.45, 2.75) is 19.0 Å². The number of nitrogens with zero attached hydrogens (tertiary/aromatic N) is 2. The van der Waals surface area contributed by atoms with E-state index < -0.39 is 17.9 Å². The Balaban J connectivity index is 1.68. The molecule has 0 aromatic heterocycles. The summed E-state index contributed by atoms with van der Waals surface area (Å²) in [7, 11) is 2.08. The van der Waals surface area contributed by atoms with Crippen LogP contribution in [0.5, 0.6) is 11.5 Å². The highest BCUT2D eigenvalue weighted by atomic mass is 35.5. The number of carbonyl (C=O) groups is 2. The van der Waals surface area contributed by atoms with Crippen molar-refractivity contribution in [3.63, 3.8) is 0 Å². The molecule has 2 aliphatic rings. The lowest BCUT2D eigenvalue weighted by Crippen LogP contribution is -2.43. The summed E-state index contributed by atoms with van der Waals surface area (Å²) in [4.78, 5) is 27.3. The summed E-state index contributed by atoms with van der Waals surface area (Å²) in [6.07, 6.45) is 1.65. The Labute approximate surface area is 189 Å². The van der Waals surface area contributed by atoms with Gasteiger partial charge >= 0.3 is 11.8 Å². The molecule has 11 heteroatoms. The number of aromatic hydroxyl groups is 1. The molecule has 0 radical (unpaired) electrons. The summed E-state index contributed by atoms with van der Waals surface area (Å²) in [5.41, 5.74) is 1.99. The van der Waals surface area contributed by atoms with E-state index in [0.717, 1.165) is 31.7 Å². The number of piperazine rings is 1. The molecule has 1 aliphatic carbocycles. The predicted octanol–water partition coefficient (Wildman–Crippen LogP) is 1.49. The number of amides is 2. The lowest BCUT2D eigenvalue weighted by Gasteiger charge is -2.32. The van der Waals surface area contributed by atoms with Gasteiger partial charge in [-0.1, -0.05) is 23.2 Å². The van der Waals surface area contributed by atoms with Gasteiger partial charge in [0.05, 0.1) is 16.1 Å². The van der Waals surface area contributed by atoms with Gasteiger partial charge < -0.3 is 20.1 Å². The van der Waals surface area contributed by atoms with E-state index in [4.69, 9.17) is 33.1 Å². The van der Waals surface area contributed by atoms with Crippen LogP contribution in [0.3, 0.4) is 0 Å². The zero-order valence-electron chi connectivity index (χ0n) is 16.9. The normalized spacial score (nSPS) is 20.3. The van der Waals surface area contributed by atoms with Crippen molar-refractivity contribution in [3.8, 4) is 11.5 Å². The number of nitrogens with one attached hydrogen (secondary N) is 2. The highest BCUT2D eigenvalue weighted by Crippen LogP contribution is 2.34. The highest BCUT2D eigenvalue weighted by Gasteiger charge is 2.26. The lowest BCUT2D eigenvalue weighted by molar-refractivity contribution is -0.144. The van der Waals surface area contributed by atoms with Crippen molar-refractivity contribution in [2.24, 2.45) is 0 Å². The third-order valence-corrected chi connectivity index (χ3v) is 5.72. The van der Waals surface area contributed by atoms with Crippen LogP contribution in [0.1, 0.15) is 12.0 Å². The van der Waals surface area contributed by atoms with Gasteiger partial charge in [-0.3, -0.25) is 19.7 Å². The van der Waals surface area contributed by atoms with Gasteiger partial charge in [0.2, 0.25) is 0 Å². The molecule has 1 heterocycles. The molecular weight excluding hydrogens is 447 g/mol. The summed E-state index contributed by atoms with van der Waals surface area (Å²) >= 11 is 12.6. The Morgan fingerprint density at radius 1 is 1.19 bits per heavy atom. The van der Waals surface area contributed by atoms with E-state index in [1.807, 2.05) is 0 Å². The molecule has 1 saturated heterocycles. The number of rotatable bonds is 5. The van der Waals surface area contributed by atoms with E-state index in [0.29, 0.717) is 12.3 Å². The standard InChI is InChI=1S/C20H24Cl2N4O5/c1-25-4-6-26(7-5-25)11-12-8-14(2-3-17(12)27)31-18-15(21)9-13(10-16(18)22)23-19(28)20(29)24-30/h2-3,8-9,13,27,30H,4-7,10-11H2,1H3,(H,23,28)(H,24,29). The van der Waals surface area contributed by atoms with Crippen molar-refractivity contribution < 1.29 is 24.6 Å². The largest absolute Gasteiger partial charge is 0.508 e. The molecule has 4 N–H and O–H groups in total. The number of hydrogen-bond acceptors (Lipinski definition) is 7. The number of halogens is 2. The smallest absolute Gasteiger partial charge is 0.332 e. The summed E-state index contributed by atoms with van der Waals surface area (Å²) in [5.74, 6) is -1.33. The van der Waals surface area contributed by atoms with Crippen LogP contribution in [-0.2, 0) is 16.1 Å². The zero-order valence-corrected chi connectivity index (χ0v) is 18.4. The third kappa shape index (κ3) is 6.11. The summed E-state index contributed by atoms with van der Waals surface area (Å²) < 4.78 is 5.88. The minimum Gasteiger partial charge on any atom is -0.508 e. The molecule has 1 atom stereocenters. The monoisotopic (exact) mass is 470 g/mol. The number of phenolic OH excluding ortho intramolecular Hbond substituents is 1. The second-order valence-corrected chi connectivity index (χ2v) is 8.31. The van der Waals surface area contributed by atoms with Gasteiger partial charge in [0.25, 0.3) is 0 Å². The van der Waals surface area contributed by atoms with Gasteiger partial charge in [-0.25, -0.2) is 5.48 Å². The summed E-state index contributed by atoms with van der Waals surface area (Å²) in [5, 5.41) is 21.6. The van der Waals surface area contributed by atoms with Crippen molar-refractivity contribution in [1.29, 1.82) is 0 Å². The first kappa shape index (κ1) is 23.4. The van der Waals surface area contributed by atoms with E-state index >= 15 is 0 Å². The first-order chi connectivity index (χ1) is 14.8. The van der Waals surface area contributed by atoms with Crippen molar-refractivity contribution in [2.75, 3.05) is 33.2 Å². The number of carbonyl (C=O) groups excluding carboxylic acids is 2. The van der Waals surface area contributed by atoms with E-state index in [1.54, 1.807) is 18.2 Å². The fraction of sp³-hybridized carbons (Fsp3) is 0.400. The first-order valence-corrected chi connectivity index (χ1v) is 10.4. The number of hydroxylamine groups is 1. The molecule has 1 fully saturated rings. The average molecular weight is 471 g/mol. The van der Waals surface area contributed by atoms with Crippen LogP contribution in [0, 0.1) is 0 Å². The molecule has 31 heavy (non-hydrogen) atoms. The molecule has 1 aromatic rings. The lowest BCUT2D eigenvalue weighted by atomic mass is 10.1. The molecule has 0 saturated carbocycles. The van der Waals surface area contributed by atoms with Crippen LogP contribution in [0.4, 0.5) is 0 Å². The van der Waals surface area contributed by atoms with E-state index in [2.05, 4.69) is 22.2 Å². The van der Waals surface area contributed by atoms with Crippen molar-refractivity contribution in [1.82, 2.24) is 20.6 Å². The number of hydrogen-bond donors (Lipinski definition) is 4. The number of benzene rings is 1. The van der Waals surface area contributed by atoms with Gasteiger partial charge in [0.15, 0.2) is 5.76 Å². The second kappa shape index (κ2) is 10.3. The van der Waals surface area contributed by atoms with Crippen molar-refractivity contribution in [3.05, 3.63) is 45.7 Å².